The SMILES string of the molecule is CN=C(NCc1coc(-c2ccccc2)n1)NCC1CCN(CCc2ccccc2)C1. The van der Waals surface area contributed by atoms with Gasteiger partial charge in [-0.3, -0.25) is 4.99 Å². The van der Waals surface area contributed by atoms with Gasteiger partial charge in [-0.1, -0.05) is 48.5 Å². The third kappa shape index (κ3) is 6.18. The lowest BCUT2D eigenvalue weighted by molar-refractivity contribution is 0.328. The van der Waals surface area contributed by atoms with E-state index in [1.54, 1.807) is 13.3 Å². The van der Waals surface area contributed by atoms with Gasteiger partial charge in [-0.25, -0.2) is 4.98 Å². The van der Waals surface area contributed by atoms with Gasteiger partial charge in [-0.05, 0) is 43.0 Å². The number of oxazole rings is 1. The van der Waals surface area contributed by atoms with Gasteiger partial charge in [0.05, 0.1) is 12.2 Å². The van der Waals surface area contributed by atoms with Crippen molar-refractivity contribution in [2.45, 2.75) is 19.4 Å². The molecule has 1 saturated heterocycles. The highest BCUT2D eigenvalue weighted by Gasteiger charge is 2.22. The minimum atomic E-state index is 0.573. The highest BCUT2D eigenvalue weighted by molar-refractivity contribution is 5.79. The second-order valence-electron chi connectivity index (χ2n) is 8.01. The lowest BCUT2D eigenvalue weighted by atomic mass is 10.1. The van der Waals surface area contributed by atoms with Gasteiger partial charge in [-0.15, -0.1) is 0 Å². The van der Waals surface area contributed by atoms with Gasteiger partial charge >= 0.3 is 0 Å². The Morgan fingerprint density at radius 1 is 1.10 bits per heavy atom. The first-order chi connectivity index (χ1) is 15.3. The monoisotopic (exact) mass is 417 g/mol. The van der Waals surface area contributed by atoms with Crippen LogP contribution in [-0.2, 0) is 13.0 Å². The molecule has 2 N–H and O–H groups in total. The number of guanidine groups is 1. The van der Waals surface area contributed by atoms with Crippen LogP contribution in [0.4, 0.5) is 0 Å². The fourth-order valence-corrected chi connectivity index (χ4v) is 3.95. The maximum atomic E-state index is 5.61. The summed E-state index contributed by atoms with van der Waals surface area (Å²) in [4.78, 5) is 11.5. The first-order valence-corrected chi connectivity index (χ1v) is 11.0. The smallest absolute Gasteiger partial charge is 0.226 e. The average Bonchev–Trinajstić information content (AvgIpc) is 3.49. The molecule has 3 aromatic rings. The van der Waals surface area contributed by atoms with Crippen molar-refractivity contribution in [3.05, 3.63) is 78.2 Å². The minimum Gasteiger partial charge on any atom is -0.444 e. The second-order valence-corrected chi connectivity index (χ2v) is 8.01. The molecule has 0 radical (unpaired) electrons. The van der Waals surface area contributed by atoms with Crippen molar-refractivity contribution in [1.82, 2.24) is 20.5 Å². The molecule has 1 aliphatic heterocycles. The molecule has 2 heterocycles. The molecule has 0 amide bonds. The molecule has 1 aliphatic rings. The molecular formula is C25H31N5O. The summed E-state index contributed by atoms with van der Waals surface area (Å²) in [7, 11) is 1.80. The van der Waals surface area contributed by atoms with Gasteiger partial charge in [0.15, 0.2) is 5.96 Å². The van der Waals surface area contributed by atoms with Crippen LogP contribution in [0.1, 0.15) is 17.7 Å². The number of rotatable bonds is 8. The lowest BCUT2D eigenvalue weighted by Gasteiger charge is -2.17. The standard InChI is InChI=1S/C25H31N5O/c1-26-25(28-17-23-19-31-24(29-23)22-10-6-3-7-11-22)27-16-21-13-15-30(18-21)14-12-20-8-4-2-5-9-20/h2-11,19,21H,12-18H2,1H3,(H2,26,27,28). The fraction of sp³-hybridized carbons (Fsp3) is 0.360. The number of benzene rings is 2. The fourth-order valence-electron chi connectivity index (χ4n) is 3.95. The summed E-state index contributed by atoms with van der Waals surface area (Å²) in [5.41, 5.74) is 3.25. The summed E-state index contributed by atoms with van der Waals surface area (Å²) >= 11 is 0. The van der Waals surface area contributed by atoms with E-state index in [9.17, 15) is 0 Å². The first kappa shape index (κ1) is 21.1. The third-order valence-electron chi connectivity index (χ3n) is 5.72. The molecule has 0 bridgehead atoms. The Balaban J connectivity index is 1.18. The summed E-state index contributed by atoms with van der Waals surface area (Å²) in [6, 6.07) is 20.7. The Bertz CT molecular complexity index is 954. The Hall–Kier alpha value is -3.12. The Labute approximate surface area is 184 Å². The molecule has 0 spiro atoms. The Kier molecular flexibility index (Phi) is 7.34. The average molecular weight is 418 g/mol. The van der Waals surface area contributed by atoms with Crippen LogP contribution in [-0.4, -0.2) is 49.1 Å². The van der Waals surface area contributed by atoms with E-state index in [4.69, 9.17) is 4.42 Å². The molecule has 2 aromatic carbocycles. The molecule has 0 aliphatic carbocycles. The molecule has 1 aromatic heterocycles. The highest BCUT2D eigenvalue weighted by atomic mass is 16.3. The predicted octanol–water partition coefficient (Wildman–Crippen LogP) is 3.57. The third-order valence-corrected chi connectivity index (χ3v) is 5.72. The molecule has 4 rings (SSSR count). The van der Waals surface area contributed by atoms with Crippen molar-refractivity contribution >= 4 is 5.96 Å². The van der Waals surface area contributed by atoms with Crippen molar-refractivity contribution in [3.63, 3.8) is 0 Å². The van der Waals surface area contributed by atoms with Crippen molar-refractivity contribution in [3.8, 4) is 11.5 Å². The zero-order valence-electron chi connectivity index (χ0n) is 18.1. The number of nitrogens with zero attached hydrogens (tertiary/aromatic N) is 3. The maximum Gasteiger partial charge on any atom is 0.226 e. The second kappa shape index (κ2) is 10.8. The molecule has 6 heteroatoms. The molecule has 6 nitrogen and oxygen atoms in total. The topological polar surface area (TPSA) is 65.7 Å². The molecule has 0 saturated carbocycles. The first-order valence-electron chi connectivity index (χ1n) is 11.0. The van der Waals surface area contributed by atoms with Crippen molar-refractivity contribution in [2.75, 3.05) is 33.2 Å². The number of hydrogen-bond acceptors (Lipinski definition) is 4. The number of aliphatic imine (C=N–C) groups is 1. The van der Waals surface area contributed by atoms with Gasteiger partial charge in [0.25, 0.3) is 0 Å². The number of nitrogens with one attached hydrogen (secondary N) is 2. The predicted molar refractivity (Wildman–Crippen MR) is 125 cm³/mol. The largest absolute Gasteiger partial charge is 0.444 e. The van der Waals surface area contributed by atoms with E-state index in [2.05, 4.69) is 55.8 Å². The summed E-state index contributed by atoms with van der Waals surface area (Å²) in [6.45, 7) is 4.94. The number of aromatic nitrogens is 1. The molecule has 1 atom stereocenters. The van der Waals surface area contributed by atoms with Crippen LogP contribution in [0.25, 0.3) is 11.5 Å². The van der Waals surface area contributed by atoms with Crippen LogP contribution in [0.5, 0.6) is 0 Å². The van der Waals surface area contributed by atoms with Gasteiger partial charge in [0.2, 0.25) is 5.89 Å². The molecule has 1 fully saturated rings. The van der Waals surface area contributed by atoms with Gasteiger partial charge in [0.1, 0.15) is 6.26 Å². The zero-order valence-corrected chi connectivity index (χ0v) is 18.1. The number of hydrogen-bond donors (Lipinski definition) is 2. The van der Waals surface area contributed by atoms with Crippen LogP contribution in [0, 0.1) is 5.92 Å². The van der Waals surface area contributed by atoms with Crippen molar-refractivity contribution < 1.29 is 4.42 Å². The molecular weight excluding hydrogens is 386 g/mol. The normalized spacial score (nSPS) is 17.1. The minimum absolute atomic E-state index is 0.573. The van der Waals surface area contributed by atoms with Crippen LogP contribution in [0.3, 0.4) is 0 Å². The molecule has 162 valence electrons. The van der Waals surface area contributed by atoms with Gasteiger partial charge in [-0.2, -0.15) is 0 Å². The maximum absolute atomic E-state index is 5.61. The van der Waals surface area contributed by atoms with Crippen molar-refractivity contribution in [2.24, 2.45) is 10.9 Å². The van der Waals surface area contributed by atoms with E-state index in [1.165, 1.54) is 18.5 Å². The van der Waals surface area contributed by atoms with Crippen LogP contribution in [0.2, 0.25) is 0 Å². The van der Waals surface area contributed by atoms with Crippen LogP contribution in [0.15, 0.2) is 76.3 Å². The van der Waals surface area contributed by atoms with E-state index in [0.29, 0.717) is 18.4 Å². The molecule has 1 unspecified atom stereocenters. The van der Waals surface area contributed by atoms with E-state index in [1.807, 2.05) is 30.3 Å². The Morgan fingerprint density at radius 3 is 2.65 bits per heavy atom. The number of likely N-dealkylation sites (tertiary alicyclic amines) is 1. The van der Waals surface area contributed by atoms with E-state index < -0.39 is 0 Å². The van der Waals surface area contributed by atoms with Crippen LogP contribution < -0.4 is 10.6 Å². The van der Waals surface area contributed by atoms with Crippen LogP contribution >= 0.6 is 0 Å². The summed E-state index contributed by atoms with van der Waals surface area (Å²) in [5, 5.41) is 6.80. The lowest BCUT2D eigenvalue weighted by Crippen LogP contribution is -2.40. The highest BCUT2D eigenvalue weighted by Crippen LogP contribution is 2.18. The summed E-state index contributed by atoms with van der Waals surface area (Å²) in [6.07, 6.45) is 4.04. The van der Waals surface area contributed by atoms with Gasteiger partial charge < -0.3 is 20.0 Å². The van der Waals surface area contributed by atoms with E-state index >= 15 is 0 Å². The van der Waals surface area contributed by atoms with Crippen molar-refractivity contribution in [1.29, 1.82) is 0 Å². The Morgan fingerprint density at radius 2 is 1.87 bits per heavy atom. The molecule has 31 heavy (non-hydrogen) atoms. The van der Waals surface area contributed by atoms with E-state index in [0.717, 1.165) is 43.3 Å². The summed E-state index contributed by atoms with van der Waals surface area (Å²) < 4.78 is 5.61. The quantitative estimate of drug-likeness (QED) is 0.433. The van der Waals surface area contributed by atoms with E-state index in [-0.39, 0.29) is 0 Å². The van der Waals surface area contributed by atoms with Gasteiger partial charge in [0, 0.05) is 32.2 Å². The summed E-state index contributed by atoms with van der Waals surface area (Å²) in [5.74, 6) is 2.08. The zero-order chi connectivity index (χ0) is 21.3.